The van der Waals surface area contributed by atoms with Crippen molar-refractivity contribution in [2.24, 2.45) is 0 Å². The fraction of sp³-hybridized carbons (Fsp3) is 0.455. The van der Waals surface area contributed by atoms with Crippen LogP contribution in [0.1, 0.15) is 11.1 Å². The molecule has 0 bridgehead atoms. The Bertz CT molecular complexity index is 636. The van der Waals surface area contributed by atoms with Gasteiger partial charge in [0.1, 0.15) is 24.7 Å². The van der Waals surface area contributed by atoms with Crippen LogP contribution in [0.2, 0.25) is 0 Å². The van der Waals surface area contributed by atoms with Gasteiger partial charge in [0.2, 0.25) is 0 Å². The van der Waals surface area contributed by atoms with Crippen molar-refractivity contribution in [1.82, 2.24) is 0 Å². The van der Waals surface area contributed by atoms with E-state index in [0.29, 0.717) is 26.4 Å². The number of hydrogen-bond donors (Lipinski definition) is 0. The summed E-state index contributed by atoms with van der Waals surface area (Å²) in [6, 6.07) is 16.4. The Morgan fingerprint density at radius 3 is 1.50 bits per heavy atom. The van der Waals surface area contributed by atoms with Crippen LogP contribution in [-0.4, -0.2) is 51.1 Å². The summed E-state index contributed by atoms with van der Waals surface area (Å²) in [4.78, 5) is 0. The first-order chi connectivity index (χ1) is 13.9. The Balaban J connectivity index is 1.58. The maximum atomic E-state index is 5.99. The number of ether oxygens (including phenoxy) is 4. The van der Waals surface area contributed by atoms with Gasteiger partial charge in [-0.05, 0) is 12.1 Å². The number of thioether (sulfide) groups is 2. The fourth-order valence-electron chi connectivity index (χ4n) is 2.75. The molecule has 1 aliphatic heterocycles. The minimum absolute atomic E-state index is 0.528. The first-order valence-corrected chi connectivity index (χ1v) is 12.0. The van der Waals surface area contributed by atoms with E-state index in [1.54, 1.807) is 0 Å². The zero-order valence-corrected chi connectivity index (χ0v) is 17.8. The molecule has 0 saturated heterocycles. The monoisotopic (exact) mass is 420 g/mol. The summed E-state index contributed by atoms with van der Waals surface area (Å²) in [6.45, 7) is 3.86. The maximum Gasteiger partial charge on any atom is 0.123 e. The van der Waals surface area contributed by atoms with Crippen molar-refractivity contribution < 1.29 is 18.9 Å². The zero-order chi connectivity index (χ0) is 19.3. The SMILES string of the molecule is c1ccc2c(c1)CSCCOCCOCCSCc1ccccc1OCCO2. The molecule has 0 atom stereocenters. The summed E-state index contributed by atoms with van der Waals surface area (Å²) < 4.78 is 23.3. The van der Waals surface area contributed by atoms with Gasteiger partial charge < -0.3 is 18.9 Å². The van der Waals surface area contributed by atoms with E-state index in [0.717, 1.165) is 47.7 Å². The molecule has 28 heavy (non-hydrogen) atoms. The summed E-state index contributed by atoms with van der Waals surface area (Å²) in [5, 5.41) is 0. The minimum atomic E-state index is 0.528. The number of fused-ring (bicyclic) bond motifs is 2. The van der Waals surface area contributed by atoms with Gasteiger partial charge in [0.25, 0.3) is 0 Å². The summed E-state index contributed by atoms with van der Waals surface area (Å²) in [5.41, 5.74) is 2.42. The standard InChI is InChI=1S/C22H28O4S2/c1-3-7-21-19(5-1)17-27-15-13-23-9-10-24-14-16-28-18-20-6-2-4-8-22(20)26-12-11-25-21/h1-8H,9-18H2. The fourth-order valence-corrected chi connectivity index (χ4v) is 4.43. The van der Waals surface area contributed by atoms with Crippen molar-refractivity contribution in [1.29, 1.82) is 0 Å². The molecule has 0 spiro atoms. The Hall–Kier alpha value is -1.34. The van der Waals surface area contributed by atoms with Crippen molar-refractivity contribution >= 4 is 23.5 Å². The number of benzene rings is 2. The molecule has 2 aromatic rings. The van der Waals surface area contributed by atoms with Gasteiger partial charge in [-0.2, -0.15) is 23.5 Å². The molecule has 6 heteroatoms. The third kappa shape index (κ3) is 7.59. The smallest absolute Gasteiger partial charge is 0.123 e. The largest absolute Gasteiger partial charge is 0.490 e. The second-order valence-electron chi connectivity index (χ2n) is 6.24. The molecule has 3 rings (SSSR count). The van der Waals surface area contributed by atoms with Crippen LogP contribution >= 0.6 is 23.5 Å². The second-order valence-corrected chi connectivity index (χ2v) is 8.45. The number of para-hydroxylation sites is 2. The summed E-state index contributed by atoms with van der Waals surface area (Å²) in [6.07, 6.45) is 0. The lowest BCUT2D eigenvalue weighted by atomic mass is 10.2. The highest BCUT2D eigenvalue weighted by molar-refractivity contribution is 7.98. The Morgan fingerprint density at radius 2 is 1.00 bits per heavy atom. The molecule has 4 nitrogen and oxygen atoms in total. The van der Waals surface area contributed by atoms with Crippen LogP contribution in [-0.2, 0) is 21.0 Å². The molecule has 0 aliphatic carbocycles. The first kappa shape index (κ1) is 21.4. The lowest BCUT2D eigenvalue weighted by molar-refractivity contribution is 0.0605. The lowest BCUT2D eigenvalue weighted by Crippen LogP contribution is -2.11. The summed E-state index contributed by atoms with van der Waals surface area (Å²) >= 11 is 3.71. The van der Waals surface area contributed by atoms with Gasteiger partial charge in [-0.1, -0.05) is 36.4 Å². The van der Waals surface area contributed by atoms with E-state index >= 15 is 0 Å². The highest BCUT2D eigenvalue weighted by Gasteiger charge is 2.06. The van der Waals surface area contributed by atoms with Crippen molar-refractivity contribution in [3.8, 4) is 11.5 Å². The first-order valence-electron chi connectivity index (χ1n) is 9.66. The molecule has 1 heterocycles. The van der Waals surface area contributed by atoms with E-state index < -0.39 is 0 Å². The second kappa shape index (κ2) is 13.0. The van der Waals surface area contributed by atoms with Crippen LogP contribution in [0, 0.1) is 0 Å². The molecule has 0 unspecified atom stereocenters. The highest BCUT2D eigenvalue weighted by Crippen LogP contribution is 2.25. The van der Waals surface area contributed by atoms with Crippen LogP contribution in [0.15, 0.2) is 48.5 Å². The molecule has 0 aromatic heterocycles. The lowest BCUT2D eigenvalue weighted by Gasteiger charge is -2.14. The quantitative estimate of drug-likeness (QED) is 0.617. The van der Waals surface area contributed by atoms with Crippen molar-refractivity contribution in [3.05, 3.63) is 59.7 Å². The average molecular weight is 421 g/mol. The van der Waals surface area contributed by atoms with Crippen molar-refractivity contribution in [2.75, 3.05) is 51.1 Å². The third-order valence-electron chi connectivity index (χ3n) is 4.17. The Labute approximate surface area is 176 Å². The topological polar surface area (TPSA) is 36.9 Å². The van der Waals surface area contributed by atoms with E-state index in [1.165, 1.54) is 11.1 Å². The Kier molecular flexibility index (Phi) is 9.91. The predicted molar refractivity (Wildman–Crippen MR) is 118 cm³/mol. The van der Waals surface area contributed by atoms with Crippen LogP contribution in [0.25, 0.3) is 0 Å². The van der Waals surface area contributed by atoms with E-state index in [9.17, 15) is 0 Å². The predicted octanol–water partition coefficient (Wildman–Crippen LogP) is 4.66. The minimum Gasteiger partial charge on any atom is -0.490 e. The maximum absolute atomic E-state index is 5.99. The van der Waals surface area contributed by atoms with Gasteiger partial charge in [-0.3, -0.25) is 0 Å². The van der Waals surface area contributed by atoms with Gasteiger partial charge in [-0.15, -0.1) is 0 Å². The van der Waals surface area contributed by atoms with Crippen LogP contribution in [0.4, 0.5) is 0 Å². The molecule has 0 amide bonds. The molecule has 2 aromatic carbocycles. The number of rotatable bonds is 0. The molecule has 0 saturated carbocycles. The van der Waals surface area contributed by atoms with Gasteiger partial charge in [0, 0.05) is 34.1 Å². The van der Waals surface area contributed by atoms with E-state index in [4.69, 9.17) is 18.9 Å². The number of hydrogen-bond acceptors (Lipinski definition) is 6. The Morgan fingerprint density at radius 1 is 0.536 bits per heavy atom. The highest BCUT2D eigenvalue weighted by atomic mass is 32.2. The van der Waals surface area contributed by atoms with Crippen molar-refractivity contribution in [3.63, 3.8) is 0 Å². The summed E-state index contributed by atoms with van der Waals surface area (Å²) in [7, 11) is 0. The van der Waals surface area contributed by atoms with Gasteiger partial charge in [0.15, 0.2) is 0 Å². The van der Waals surface area contributed by atoms with E-state index in [-0.39, 0.29) is 0 Å². The van der Waals surface area contributed by atoms with Crippen LogP contribution < -0.4 is 9.47 Å². The molecule has 0 radical (unpaired) electrons. The molecule has 152 valence electrons. The zero-order valence-electron chi connectivity index (χ0n) is 16.1. The average Bonchev–Trinajstić information content (AvgIpc) is 2.73. The van der Waals surface area contributed by atoms with Crippen LogP contribution in [0.3, 0.4) is 0 Å². The molecule has 0 fully saturated rings. The molecule has 0 N–H and O–H groups in total. The van der Waals surface area contributed by atoms with Crippen molar-refractivity contribution in [2.45, 2.75) is 11.5 Å². The molecular weight excluding hydrogens is 392 g/mol. The van der Waals surface area contributed by atoms with Gasteiger partial charge in [0.05, 0.1) is 26.4 Å². The molecular formula is C22H28O4S2. The van der Waals surface area contributed by atoms with Gasteiger partial charge >= 0.3 is 0 Å². The normalized spacial score (nSPS) is 18.0. The third-order valence-corrected chi connectivity index (χ3v) is 6.12. The van der Waals surface area contributed by atoms with E-state index in [2.05, 4.69) is 24.3 Å². The van der Waals surface area contributed by atoms with Gasteiger partial charge in [-0.25, -0.2) is 0 Å². The van der Waals surface area contributed by atoms with E-state index in [1.807, 2.05) is 47.8 Å². The summed E-state index contributed by atoms with van der Waals surface area (Å²) in [5.74, 6) is 5.62. The molecule has 1 aliphatic rings. The van der Waals surface area contributed by atoms with Crippen LogP contribution in [0.5, 0.6) is 11.5 Å².